The van der Waals surface area contributed by atoms with Gasteiger partial charge in [0.2, 0.25) is 0 Å². The minimum Gasteiger partial charge on any atom is -0.490 e. The zero-order valence-corrected chi connectivity index (χ0v) is 28.8. The van der Waals surface area contributed by atoms with Crippen molar-refractivity contribution < 1.29 is 23.3 Å². The topological polar surface area (TPSA) is 115 Å². The molecule has 1 fully saturated rings. The van der Waals surface area contributed by atoms with E-state index in [1.807, 2.05) is 12.1 Å². The minimum absolute atomic E-state index is 0.0281. The van der Waals surface area contributed by atoms with E-state index in [1.54, 1.807) is 20.2 Å². The summed E-state index contributed by atoms with van der Waals surface area (Å²) in [5.74, 6) is 0.331. The van der Waals surface area contributed by atoms with Crippen LogP contribution in [-0.4, -0.2) is 64.5 Å². The zero-order valence-electron chi connectivity index (χ0n) is 28.0. The van der Waals surface area contributed by atoms with Crippen molar-refractivity contribution in [2.45, 2.75) is 63.4 Å². The molecule has 2 amide bonds. The van der Waals surface area contributed by atoms with Crippen LogP contribution in [0.5, 0.6) is 5.75 Å². The van der Waals surface area contributed by atoms with Gasteiger partial charge in [-0.1, -0.05) is 35.9 Å². The number of anilines is 1. The monoisotopic (exact) mass is 671 g/mol. The number of aryl methyl sites for hydroxylation is 3. The number of aromatic nitrogens is 2. The van der Waals surface area contributed by atoms with E-state index in [-0.39, 0.29) is 22.8 Å². The first kappa shape index (κ1) is 32.6. The van der Waals surface area contributed by atoms with Crippen LogP contribution >= 0.6 is 0 Å². The van der Waals surface area contributed by atoms with Crippen LogP contribution in [-0.2, 0) is 33.5 Å². The third kappa shape index (κ3) is 6.42. The highest BCUT2D eigenvalue weighted by Gasteiger charge is 2.44. The maximum absolute atomic E-state index is 14.2. The van der Waals surface area contributed by atoms with Crippen LogP contribution in [0, 0.1) is 18.8 Å². The molecule has 2 aliphatic carbocycles. The molecule has 2 aliphatic heterocycles. The van der Waals surface area contributed by atoms with Gasteiger partial charge in [-0.3, -0.25) is 19.0 Å². The van der Waals surface area contributed by atoms with Crippen LogP contribution in [0.4, 0.5) is 5.69 Å². The molecule has 1 unspecified atom stereocenters. The van der Waals surface area contributed by atoms with Gasteiger partial charge in [0.05, 0.1) is 35.9 Å². The standard InChI is InChI=1S/C37H45N5O5S/c1-25-10-14-31-26(18-25)8-7-16-37(31)23-42-22-28-11-13-30(28)33(46-3)9-5-4-6-17-48(45,40-36(44)29-20-38-41(2)21-29)39-35(43)27-12-15-34(47-24-37)32(42)19-27/h5,9-10,12,14-15,18-21,28,30,33H,4,6-8,11,13,16-17,22-24H2,1-3H3,(H,39,40,43,44,45)/b9-5+/t28-,30+,33-,37-,48?/m0/s1. The lowest BCUT2D eigenvalue weighted by Crippen LogP contribution is -2.49. The highest BCUT2D eigenvalue weighted by atomic mass is 32.2. The van der Waals surface area contributed by atoms with E-state index < -0.39 is 21.7 Å². The molecule has 1 spiro atoms. The summed E-state index contributed by atoms with van der Waals surface area (Å²) in [4.78, 5) is 29.3. The van der Waals surface area contributed by atoms with Crippen LogP contribution in [0.1, 0.15) is 75.9 Å². The molecule has 1 N–H and O–H groups in total. The number of benzene rings is 2. The number of carbonyl (C=O) groups is 2. The second kappa shape index (κ2) is 13.2. The van der Waals surface area contributed by atoms with E-state index in [0.29, 0.717) is 36.8 Å². The summed E-state index contributed by atoms with van der Waals surface area (Å²) in [5.41, 5.74) is 5.24. The molecule has 254 valence electrons. The maximum Gasteiger partial charge on any atom is 0.286 e. The lowest BCUT2D eigenvalue weighted by Gasteiger charge is -2.46. The molecule has 0 radical (unpaired) electrons. The molecule has 48 heavy (non-hydrogen) atoms. The molecule has 1 saturated carbocycles. The number of hydrogen-bond donors (Lipinski definition) is 1. The van der Waals surface area contributed by atoms with Gasteiger partial charge in [-0.05, 0) is 93.0 Å². The Labute approximate surface area is 283 Å². The quantitative estimate of drug-likeness (QED) is 0.364. The molecule has 5 atom stereocenters. The first-order valence-corrected chi connectivity index (χ1v) is 18.7. The molecule has 7 rings (SSSR count). The lowest BCUT2D eigenvalue weighted by molar-refractivity contribution is 0.0132. The zero-order chi connectivity index (χ0) is 33.5. The number of carbonyl (C=O) groups excluding carboxylic acids is 2. The molecule has 3 heterocycles. The summed E-state index contributed by atoms with van der Waals surface area (Å²) in [6.45, 7) is 4.27. The van der Waals surface area contributed by atoms with E-state index in [1.165, 1.54) is 33.8 Å². The van der Waals surface area contributed by atoms with Gasteiger partial charge in [0, 0.05) is 44.4 Å². The largest absolute Gasteiger partial charge is 0.490 e. The highest BCUT2D eigenvalue weighted by Crippen LogP contribution is 2.46. The number of methoxy groups -OCH3 is 1. The Morgan fingerprint density at radius 3 is 2.81 bits per heavy atom. The Kier molecular flexibility index (Phi) is 8.93. The Morgan fingerprint density at radius 1 is 1.17 bits per heavy atom. The number of nitrogens with one attached hydrogen (secondary N) is 1. The summed E-state index contributed by atoms with van der Waals surface area (Å²) < 4.78 is 35.2. The van der Waals surface area contributed by atoms with Gasteiger partial charge in [-0.2, -0.15) is 5.10 Å². The SMILES string of the molecule is CO[C@H]1/C=C/CCCS(=O)(NC(=O)c2cnn(C)c2)=NC(=O)c2ccc3c(c2)N(C[C@@H]2CC[C@H]21)C[C@@]1(CCCc2cc(C)ccc21)CO3. The smallest absolute Gasteiger partial charge is 0.286 e. The molecular weight excluding hydrogens is 627 g/mol. The highest BCUT2D eigenvalue weighted by molar-refractivity contribution is 7.92. The Bertz CT molecular complexity index is 1880. The molecule has 3 aromatic rings. The number of rotatable bonds is 3. The van der Waals surface area contributed by atoms with Gasteiger partial charge in [0.15, 0.2) is 0 Å². The molecule has 2 bridgehead atoms. The van der Waals surface area contributed by atoms with Crippen molar-refractivity contribution in [2.75, 3.05) is 37.5 Å². The minimum atomic E-state index is -3.45. The molecule has 4 aliphatic rings. The fourth-order valence-electron chi connectivity index (χ4n) is 8.02. The second-order valence-electron chi connectivity index (χ2n) is 14.0. The van der Waals surface area contributed by atoms with E-state index in [2.05, 4.69) is 56.4 Å². The summed E-state index contributed by atoms with van der Waals surface area (Å²) in [7, 11) is 0.0138. The van der Waals surface area contributed by atoms with Crippen molar-refractivity contribution in [3.63, 3.8) is 0 Å². The molecule has 0 saturated heterocycles. The van der Waals surface area contributed by atoms with Crippen molar-refractivity contribution in [1.29, 1.82) is 0 Å². The molecule has 1 aromatic heterocycles. The van der Waals surface area contributed by atoms with Crippen molar-refractivity contribution in [3.05, 3.63) is 88.8 Å². The summed E-state index contributed by atoms with van der Waals surface area (Å²) >= 11 is 0. The fraction of sp³-hybridized carbons (Fsp3) is 0.486. The predicted molar refractivity (Wildman–Crippen MR) is 186 cm³/mol. The van der Waals surface area contributed by atoms with Gasteiger partial charge < -0.3 is 14.4 Å². The van der Waals surface area contributed by atoms with Crippen LogP contribution in [0.15, 0.2) is 65.3 Å². The van der Waals surface area contributed by atoms with Crippen LogP contribution in [0.3, 0.4) is 0 Å². The number of allylic oxidation sites excluding steroid dienone is 1. The normalized spacial score (nSPS) is 29.4. The first-order valence-electron chi connectivity index (χ1n) is 17.1. The average molecular weight is 672 g/mol. The van der Waals surface area contributed by atoms with Gasteiger partial charge in [0.1, 0.15) is 15.7 Å². The van der Waals surface area contributed by atoms with Crippen LogP contribution < -0.4 is 14.4 Å². The van der Waals surface area contributed by atoms with E-state index >= 15 is 0 Å². The summed E-state index contributed by atoms with van der Waals surface area (Å²) in [6, 6.07) is 12.2. The predicted octanol–water partition coefficient (Wildman–Crippen LogP) is 5.55. The lowest BCUT2D eigenvalue weighted by atomic mass is 9.68. The van der Waals surface area contributed by atoms with Gasteiger partial charge in [0.25, 0.3) is 11.8 Å². The number of fused-ring (bicyclic) bond motifs is 4. The van der Waals surface area contributed by atoms with Crippen molar-refractivity contribution >= 4 is 27.4 Å². The van der Waals surface area contributed by atoms with Crippen molar-refractivity contribution in [3.8, 4) is 5.75 Å². The average Bonchev–Trinajstić information content (AvgIpc) is 3.43. The van der Waals surface area contributed by atoms with Crippen molar-refractivity contribution in [2.24, 2.45) is 23.2 Å². The van der Waals surface area contributed by atoms with Gasteiger partial charge in [-0.25, -0.2) is 4.21 Å². The summed E-state index contributed by atoms with van der Waals surface area (Å²) in [5, 5.41) is 4.05. The Morgan fingerprint density at radius 2 is 2.04 bits per heavy atom. The molecular formula is C37H45N5O5S. The maximum atomic E-state index is 14.2. The molecule has 2 aromatic carbocycles. The first-order chi connectivity index (χ1) is 23.1. The number of amides is 2. The third-order valence-corrected chi connectivity index (χ3v) is 12.5. The summed E-state index contributed by atoms with van der Waals surface area (Å²) in [6.07, 6.45) is 13.6. The fourth-order valence-corrected chi connectivity index (χ4v) is 9.59. The number of ether oxygens (including phenoxy) is 2. The Hall–Kier alpha value is -3.96. The van der Waals surface area contributed by atoms with E-state index in [4.69, 9.17) is 9.47 Å². The van der Waals surface area contributed by atoms with Gasteiger partial charge in [-0.15, -0.1) is 4.36 Å². The third-order valence-electron chi connectivity index (χ3n) is 10.7. The Balaban J connectivity index is 1.29. The second-order valence-corrected chi connectivity index (χ2v) is 16.1. The van der Waals surface area contributed by atoms with Crippen LogP contribution in [0.2, 0.25) is 0 Å². The van der Waals surface area contributed by atoms with Gasteiger partial charge >= 0.3 is 0 Å². The van der Waals surface area contributed by atoms with E-state index in [0.717, 1.165) is 56.6 Å². The number of hydrogen-bond acceptors (Lipinski definition) is 7. The van der Waals surface area contributed by atoms with E-state index in [9.17, 15) is 13.8 Å². The number of nitrogens with zero attached hydrogens (tertiary/aromatic N) is 4. The molecule has 11 heteroatoms. The van der Waals surface area contributed by atoms with Crippen LogP contribution in [0.25, 0.3) is 0 Å². The van der Waals surface area contributed by atoms with Crippen molar-refractivity contribution in [1.82, 2.24) is 14.5 Å². The molecule has 10 nitrogen and oxygen atoms in total.